The van der Waals surface area contributed by atoms with Gasteiger partial charge in [-0.25, -0.2) is 4.98 Å². The lowest BCUT2D eigenvalue weighted by Gasteiger charge is -2.20. The number of aliphatic hydroxyl groups excluding tert-OH is 1. The predicted molar refractivity (Wildman–Crippen MR) is 72.1 cm³/mol. The Kier molecular flexibility index (Phi) is 5.88. The van der Waals surface area contributed by atoms with Crippen molar-refractivity contribution in [3.05, 3.63) is 22.8 Å². The Morgan fingerprint density at radius 3 is 2.83 bits per heavy atom. The van der Waals surface area contributed by atoms with Gasteiger partial charge in [-0.1, -0.05) is 11.6 Å². The summed E-state index contributed by atoms with van der Waals surface area (Å²) in [5.41, 5.74) is 0.499. The number of hydrogen-bond donors (Lipinski definition) is 2. The molecule has 0 saturated heterocycles. The first kappa shape index (κ1) is 14.7. The van der Waals surface area contributed by atoms with E-state index in [4.69, 9.17) is 16.7 Å². The maximum Gasteiger partial charge on any atom is 0.254 e. The zero-order chi connectivity index (χ0) is 13.5. The Morgan fingerprint density at radius 1 is 1.56 bits per heavy atom. The molecule has 0 saturated carbocycles. The standard InChI is InChI=1S/C12H18ClN3O2/c1-3-16(5-4-6-17)12(18)9-7-10(13)15-11(8-9)14-2/h7-8,17H,3-6H2,1-2H3,(H,14,15). The van der Waals surface area contributed by atoms with E-state index in [1.54, 1.807) is 24.1 Å². The summed E-state index contributed by atoms with van der Waals surface area (Å²) >= 11 is 5.86. The lowest BCUT2D eigenvalue weighted by atomic mass is 10.2. The van der Waals surface area contributed by atoms with Crippen molar-refractivity contribution in [1.29, 1.82) is 0 Å². The fraction of sp³-hybridized carbons (Fsp3) is 0.500. The average molecular weight is 272 g/mol. The second kappa shape index (κ2) is 7.18. The number of rotatable bonds is 6. The van der Waals surface area contributed by atoms with Gasteiger partial charge in [0.15, 0.2) is 0 Å². The molecule has 1 heterocycles. The summed E-state index contributed by atoms with van der Waals surface area (Å²) in [6.07, 6.45) is 0.567. The first-order valence-electron chi connectivity index (χ1n) is 5.87. The van der Waals surface area contributed by atoms with E-state index in [1.165, 1.54) is 0 Å². The summed E-state index contributed by atoms with van der Waals surface area (Å²) in [5.74, 6) is 0.454. The summed E-state index contributed by atoms with van der Waals surface area (Å²) in [6.45, 7) is 3.09. The van der Waals surface area contributed by atoms with Gasteiger partial charge in [-0.2, -0.15) is 0 Å². The highest BCUT2D eigenvalue weighted by atomic mass is 35.5. The molecule has 0 unspecified atom stereocenters. The summed E-state index contributed by atoms with van der Waals surface area (Å²) in [7, 11) is 1.72. The fourth-order valence-corrected chi connectivity index (χ4v) is 1.80. The monoisotopic (exact) mass is 271 g/mol. The minimum atomic E-state index is -0.105. The van der Waals surface area contributed by atoms with E-state index < -0.39 is 0 Å². The Bertz CT molecular complexity index is 412. The zero-order valence-corrected chi connectivity index (χ0v) is 11.4. The first-order chi connectivity index (χ1) is 8.62. The molecule has 1 amide bonds. The molecule has 100 valence electrons. The maximum atomic E-state index is 12.2. The van der Waals surface area contributed by atoms with E-state index in [9.17, 15) is 4.79 Å². The average Bonchev–Trinajstić information content (AvgIpc) is 2.38. The molecule has 0 aliphatic carbocycles. The van der Waals surface area contributed by atoms with Crippen molar-refractivity contribution < 1.29 is 9.90 Å². The fourth-order valence-electron chi connectivity index (χ4n) is 1.60. The number of hydrogen-bond acceptors (Lipinski definition) is 4. The van der Waals surface area contributed by atoms with Crippen molar-refractivity contribution in [2.45, 2.75) is 13.3 Å². The van der Waals surface area contributed by atoms with Crippen molar-refractivity contribution in [2.24, 2.45) is 0 Å². The number of carbonyl (C=O) groups is 1. The predicted octanol–water partition coefficient (Wildman–Crippen LogP) is 1.62. The molecule has 0 aliphatic heterocycles. The van der Waals surface area contributed by atoms with Crippen LogP contribution >= 0.6 is 11.6 Å². The largest absolute Gasteiger partial charge is 0.396 e. The second-order valence-corrected chi connectivity index (χ2v) is 4.16. The van der Waals surface area contributed by atoms with Crippen LogP contribution in [0.3, 0.4) is 0 Å². The van der Waals surface area contributed by atoms with Gasteiger partial charge in [-0.15, -0.1) is 0 Å². The van der Waals surface area contributed by atoms with E-state index in [0.717, 1.165) is 0 Å². The summed E-state index contributed by atoms with van der Waals surface area (Å²) in [6, 6.07) is 3.21. The molecule has 1 aromatic rings. The number of nitrogens with zero attached hydrogens (tertiary/aromatic N) is 2. The smallest absolute Gasteiger partial charge is 0.254 e. The maximum absolute atomic E-state index is 12.2. The van der Waals surface area contributed by atoms with Crippen molar-refractivity contribution >= 4 is 23.3 Å². The quantitative estimate of drug-likeness (QED) is 0.772. The number of amides is 1. The van der Waals surface area contributed by atoms with E-state index in [0.29, 0.717) is 30.9 Å². The molecule has 2 N–H and O–H groups in total. The van der Waals surface area contributed by atoms with Gasteiger partial charge in [0.05, 0.1) is 0 Å². The third kappa shape index (κ3) is 3.85. The Balaban J connectivity index is 2.90. The number of nitrogens with one attached hydrogen (secondary N) is 1. The van der Waals surface area contributed by atoms with Crippen LogP contribution in [0.1, 0.15) is 23.7 Å². The minimum Gasteiger partial charge on any atom is -0.396 e. The van der Waals surface area contributed by atoms with Gasteiger partial charge in [0.2, 0.25) is 0 Å². The Morgan fingerprint density at radius 2 is 2.28 bits per heavy atom. The molecule has 0 radical (unpaired) electrons. The highest BCUT2D eigenvalue weighted by molar-refractivity contribution is 6.29. The highest BCUT2D eigenvalue weighted by Crippen LogP contribution is 2.16. The molecule has 0 bridgehead atoms. The lowest BCUT2D eigenvalue weighted by molar-refractivity contribution is 0.0754. The van der Waals surface area contributed by atoms with Crippen LogP contribution in [-0.2, 0) is 0 Å². The van der Waals surface area contributed by atoms with Crippen LogP contribution in [-0.4, -0.2) is 47.6 Å². The van der Waals surface area contributed by atoms with Crippen molar-refractivity contribution in [3.63, 3.8) is 0 Å². The normalized spacial score (nSPS) is 10.2. The van der Waals surface area contributed by atoms with Gasteiger partial charge in [-0.05, 0) is 25.5 Å². The Labute approximate surface area is 112 Å². The molecule has 6 heteroatoms. The first-order valence-corrected chi connectivity index (χ1v) is 6.25. The van der Waals surface area contributed by atoms with Crippen LogP contribution in [0.25, 0.3) is 0 Å². The molecule has 0 atom stereocenters. The van der Waals surface area contributed by atoms with E-state index in [-0.39, 0.29) is 17.7 Å². The second-order valence-electron chi connectivity index (χ2n) is 3.78. The van der Waals surface area contributed by atoms with E-state index >= 15 is 0 Å². The van der Waals surface area contributed by atoms with Gasteiger partial charge >= 0.3 is 0 Å². The van der Waals surface area contributed by atoms with Gasteiger partial charge in [0.1, 0.15) is 11.0 Å². The number of carbonyl (C=O) groups excluding carboxylic acids is 1. The molecule has 1 aromatic heterocycles. The molecule has 0 fully saturated rings. The molecule has 0 aromatic carbocycles. The van der Waals surface area contributed by atoms with E-state index in [1.807, 2.05) is 6.92 Å². The van der Waals surface area contributed by atoms with Gasteiger partial charge < -0.3 is 15.3 Å². The van der Waals surface area contributed by atoms with Crippen LogP contribution in [0, 0.1) is 0 Å². The van der Waals surface area contributed by atoms with Crippen molar-refractivity contribution in [2.75, 3.05) is 32.1 Å². The third-order valence-electron chi connectivity index (χ3n) is 2.55. The summed E-state index contributed by atoms with van der Waals surface area (Å²) < 4.78 is 0. The zero-order valence-electron chi connectivity index (χ0n) is 10.6. The van der Waals surface area contributed by atoms with Crippen molar-refractivity contribution in [3.8, 4) is 0 Å². The molecule has 0 spiro atoms. The number of aromatic nitrogens is 1. The van der Waals surface area contributed by atoms with Gasteiger partial charge in [-0.3, -0.25) is 4.79 Å². The molecule has 18 heavy (non-hydrogen) atoms. The number of anilines is 1. The number of pyridine rings is 1. The number of aliphatic hydroxyl groups is 1. The van der Waals surface area contributed by atoms with Crippen LogP contribution in [0.15, 0.2) is 12.1 Å². The van der Waals surface area contributed by atoms with Crippen LogP contribution < -0.4 is 5.32 Å². The number of halogens is 1. The minimum absolute atomic E-state index is 0.0721. The van der Waals surface area contributed by atoms with Crippen LogP contribution in [0.5, 0.6) is 0 Å². The summed E-state index contributed by atoms with van der Waals surface area (Å²) in [4.78, 5) is 17.9. The lowest BCUT2D eigenvalue weighted by Crippen LogP contribution is -2.32. The highest BCUT2D eigenvalue weighted by Gasteiger charge is 2.15. The third-order valence-corrected chi connectivity index (χ3v) is 2.75. The summed E-state index contributed by atoms with van der Waals surface area (Å²) in [5, 5.41) is 11.9. The van der Waals surface area contributed by atoms with Crippen molar-refractivity contribution in [1.82, 2.24) is 9.88 Å². The molecular formula is C12H18ClN3O2. The Hall–Kier alpha value is -1.33. The van der Waals surface area contributed by atoms with Gasteiger partial charge in [0, 0.05) is 32.3 Å². The van der Waals surface area contributed by atoms with Crippen LogP contribution in [0.4, 0.5) is 5.82 Å². The molecule has 1 rings (SSSR count). The van der Waals surface area contributed by atoms with Gasteiger partial charge in [0.25, 0.3) is 5.91 Å². The van der Waals surface area contributed by atoms with Crippen LogP contribution in [0.2, 0.25) is 5.15 Å². The van der Waals surface area contributed by atoms with E-state index in [2.05, 4.69) is 10.3 Å². The topological polar surface area (TPSA) is 65.5 Å². The molecule has 0 aliphatic rings. The molecular weight excluding hydrogens is 254 g/mol. The molecule has 5 nitrogen and oxygen atoms in total. The SMILES string of the molecule is CCN(CCCO)C(=O)c1cc(Cl)nc(NC)c1.